The summed E-state index contributed by atoms with van der Waals surface area (Å²) in [5.41, 5.74) is 8.41. The highest BCUT2D eigenvalue weighted by molar-refractivity contribution is 5.85. The van der Waals surface area contributed by atoms with Crippen LogP contribution in [0.1, 0.15) is 5.56 Å². The van der Waals surface area contributed by atoms with Gasteiger partial charge in [-0.1, -0.05) is 18.2 Å². The third-order valence-corrected chi connectivity index (χ3v) is 3.00. The van der Waals surface area contributed by atoms with Crippen molar-refractivity contribution < 1.29 is 8.81 Å². The van der Waals surface area contributed by atoms with E-state index in [1.165, 1.54) is 12.1 Å². The SMILES string of the molecule is Cc1cccc2cc(-c3cc(N)ccc3F)oc12. The predicted molar refractivity (Wildman–Crippen MR) is 70.8 cm³/mol. The van der Waals surface area contributed by atoms with Gasteiger partial charge in [0.1, 0.15) is 17.2 Å². The van der Waals surface area contributed by atoms with Gasteiger partial charge >= 0.3 is 0 Å². The van der Waals surface area contributed by atoms with Crippen molar-refractivity contribution in [2.75, 3.05) is 5.73 Å². The molecule has 0 amide bonds. The van der Waals surface area contributed by atoms with Gasteiger partial charge in [0, 0.05) is 11.1 Å². The zero-order valence-electron chi connectivity index (χ0n) is 9.91. The third kappa shape index (κ3) is 1.64. The summed E-state index contributed by atoms with van der Waals surface area (Å²) in [6, 6.07) is 12.2. The molecule has 0 unspecified atom stereocenters. The van der Waals surface area contributed by atoms with E-state index in [0.717, 1.165) is 16.5 Å². The third-order valence-electron chi connectivity index (χ3n) is 3.00. The minimum atomic E-state index is -0.332. The Hall–Kier alpha value is -2.29. The van der Waals surface area contributed by atoms with Crippen LogP contribution in [0.4, 0.5) is 10.1 Å². The van der Waals surface area contributed by atoms with Gasteiger partial charge in [0.05, 0.1) is 5.56 Å². The van der Waals surface area contributed by atoms with Crippen LogP contribution in [0.25, 0.3) is 22.3 Å². The molecular weight excluding hydrogens is 229 g/mol. The van der Waals surface area contributed by atoms with E-state index in [4.69, 9.17) is 10.2 Å². The topological polar surface area (TPSA) is 39.2 Å². The lowest BCUT2D eigenvalue weighted by atomic mass is 10.1. The Kier molecular flexibility index (Phi) is 2.33. The molecule has 3 heteroatoms. The maximum Gasteiger partial charge on any atom is 0.138 e. The summed E-state index contributed by atoms with van der Waals surface area (Å²) in [5, 5.41) is 0.965. The van der Waals surface area contributed by atoms with Crippen molar-refractivity contribution in [3.63, 3.8) is 0 Å². The maximum atomic E-state index is 13.8. The van der Waals surface area contributed by atoms with Crippen LogP contribution < -0.4 is 5.73 Å². The van der Waals surface area contributed by atoms with Gasteiger partial charge in [-0.3, -0.25) is 0 Å². The van der Waals surface area contributed by atoms with Gasteiger partial charge in [0.2, 0.25) is 0 Å². The molecule has 0 atom stereocenters. The van der Waals surface area contributed by atoms with Gasteiger partial charge in [-0.25, -0.2) is 4.39 Å². The number of hydrogen-bond donors (Lipinski definition) is 1. The largest absolute Gasteiger partial charge is 0.456 e. The van der Waals surface area contributed by atoms with Crippen molar-refractivity contribution in [2.24, 2.45) is 0 Å². The van der Waals surface area contributed by atoms with Crippen molar-refractivity contribution in [1.82, 2.24) is 0 Å². The van der Waals surface area contributed by atoms with Gasteiger partial charge in [0.15, 0.2) is 0 Å². The molecule has 0 saturated heterocycles. The molecule has 90 valence electrons. The number of aryl methyl sites for hydroxylation is 1. The number of para-hydroxylation sites is 1. The summed E-state index contributed by atoms with van der Waals surface area (Å²) in [5.74, 6) is 0.171. The minimum Gasteiger partial charge on any atom is -0.456 e. The Labute approximate surface area is 104 Å². The molecule has 0 aliphatic heterocycles. The van der Waals surface area contributed by atoms with Gasteiger partial charge in [-0.05, 0) is 36.8 Å². The molecule has 2 aromatic carbocycles. The summed E-state index contributed by atoms with van der Waals surface area (Å²) >= 11 is 0. The number of nitrogens with two attached hydrogens (primary N) is 1. The van der Waals surface area contributed by atoms with Crippen molar-refractivity contribution in [1.29, 1.82) is 0 Å². The minimum absolute atomic E-state index is 0.332. The van der Waals surface area contributed by atoms with Crippen LogP contribution in [0.5, 0.6) is 0 Å². The zero-order valence-corrected chi connectivity index (χ0v) is 9.91. The average Bonchev–Trinajstić information content (AvgIpc) is 2.77. The number of furan rings is 1. The van der Waals surface area contributed by atoms with Crippen LogP contribution >= 0.6 is 0 Å². The molecule has 2 N–H and O–H groups in total. The van der Waals surface area contributed by atoms with Crippen molar-refractivity contribution in [2.45, 2.75) is 6.92 Å². The lowest BCUT2D eigenvalue weighted by molar-refractivity contribution is 0.600. The number of hydrogen-bond acceptors (Lipinski definition) is 2. The smallest absolute Gasteiger partial charge is 0.138 e. The molecule has 0 aliphatic carbocycles. The van der Waals surface area contributed by atoms with E-state index >= 15 is 0 Å². The highest BCUT2D eigenvalue weighted by atomic mass is 19.1. The number of nitrogen functional groups attached to an aromatic ring is 1. The number of benzene rings is 2. The summed E-state index contributed by atoms with van der Waals surface area (Å²) in [6.07, 6.45) is 0. The van der Waals surface area contributed by atoms with E-state index in [9.17, 15) is 4.39 Å². The monoisotopic (exact) mass is 241 g/mol. The first-order chi connectivity index (χ1) is 8.65. The Balaban J connectivity index is 2.26. The molecule has 0 saturated carbocycles. The zero-order chi connectivity index (χ0) is 12.7. The van der Waals surface area contributed by atoms with Gasteiger partial charge in [-0.15, -0.1) is 0 Å². The Bertz CT molecular complexity index is 730. The standard InChI is InChI=1S/C15H12FNO/c1-9-3-2-4-10-7-14(18-15(9)10)12-8-11(17)5-6-13(12)16/h2-8H,17H2,1H3. The Morgan fingerprint density at radius 3 is 2.72 bits per heavy atom. The number of rotatable bonds is 1. The van der Waals surface area contributed by atoms with Gasteiger partial charge in [-0.2, -0.15) is 0 Å². The summed E-state index contributed by atoms with van der Waals surface area (Å²) in [6.45, 7) is 1.96. The van der Waals surface area contributed by atoms with E-state index < -0.39 is 0 Å². The summed E-state index contributed by atoms with van der Waals surface area (Å²) in [4.78, 5) is 0. The summed E-state index contributed by atoms with van der Waals surface area (Å²) in [7, 11) is 0. The lowest BCUT2D eigenvalue weighted by Crippen LogP contribution is -1.88. The Morgan fingerprint density at radius 1 is 1.11 bits per heavy atom. The maximum absolute atomic E-state index is 13.8. The first kappa shape index (κ1) is 10.8. The van der Waals surface area contributed by atoms with Crippen LogP contribution in [0.3, 0.4) is 0 Å². The highest BCUT2D eigenvalue weighted by Gasteiger charge is 2.12. The number of halogens is 1. The summed E-state index contributed by atoms with van der Waals surface area (Å²) < 4.78 is 19.5. The van der Waals surface area contributed by atoms with Crippen molar-refractivity contribution in [3.8, 4) is 11.3 Å². The van der Waals surface area contributed by atoms with E-state index in [2.05, 4.69) is 0 Å². The molecule has 2 nitrogen and oxygen atoms in total. The Morgan fingerprint density at radius 2 is 1.94 bits per heavy atom. The van der Waals surface area contributed by atoms with Crippen LogP contribution in [0.2, 0.25) is 0 Å². The second-order valence-corrected chi connectivity index (χ2v) is 4.34. The molecule has 18 heavy (non-hydrogen) atoms. The first-order valence-corrected chi connectivity index (χ1v) is 5.70. The van der Waals surface area contributed by atoms with Crippen LogP contribution in [0, 0.1) is 12.7 Å². The van der Waals surface area contributed by atoms with E-state index in [-0.39, 0.29) is 5.82 Å². The van der Waals surface area contributed by atoms with Crippen molar-refractivity contribution in [3.05, 3.63) is 53.8 Å². The fraction of sp³-hybridized carbons (Fsp3) is 0.0667. The molecule has 3 aromatic rings. The normalized spacial score (nSPS) is 11.0. The molecule has 0 aliphatic rings. The molecule has 1 heterocycles. The molecule has 0 fully saturated rings. The van der Waals surface area contributed by atoms with Crippen LogP contribution in [-0.2, 0) is 0 Å². The van der Waals surface area contributed by atoms with Gasteiger partial charge < -0.3 is 10.2 Å². The van der Waals surface area contributed by atoms with E-state index in [1.54, 1.807) is 6.07 Å². The lowest BCUT2D eigenvalue weighted by Gasteiger charge is -2.00. The van der Waals surface area contributed by atoms with E-state index in [1.807, 2.05) is 31.2 Å². The predicted octanol–water partition coefficient (Wildman–Crippen LogP) is 4.13. The fourth-order valence-electron chi connectivity index (χ4n) is 2.07. The molecule has 0 radical (unpaired) electrons. The highest BCUT2D eigenvalue weighted by Crippen LogP contribution is 2.31. The molecule has 1 aromatic heterocycles. The first-order valence-electron chi connectivity index (χ1n) is 5.70. The van der Waals surface area contributed by atoms with Gasteiger partial charge in [0.25, 0.3) is 0 Å². The van der Waals surface area contributed by atoms with E-state index in [0.29, 0.717) is 17.0 Å². The van der Waals surface area contributed by atoms with Crippen LogP contribution in [0.15, 0.2) is 46.9 Å². The molecule has 0 spiro atoms. The van der Waals surface area contributed by atoms with Crippen LogP contribution in [-0.4, -0.2) is 0 Å². The molecule has 3 rings (SSSR count). The fourth-order valence-corrected chi connectivity index (χ4v) is 2.07. The quantitative estimate of drug-likeness (QED) is 0.650. The molecular formula is C15H12FNO. The average molecular weight is 241 g/mol. The number of anilines is 1. The second kappa shape index (κ2) is 3.88. The van der Waals surface area contributed by atoms with Crippen molar-refractivity contribution >= 4 is 16.7 Å². The number of fused-ring (bicyclic) bond motifs is 1. The molecule has 0 bridgehead atoms. The second-order valence-electron chi connectivity index (χ2n) is 4.34.